The Hall–Kier alpha value is -1.52. The minimum absolute atomic E-state index is 0.0932. The Morgan fingerprint density at radius 3 is 3.07 bits per heavy atom. The molecule has 1 saturated carbocycles. The van der Waals surface area contributed by atoms with Crippen molar-refractivity contribution in [3.63, 3.8) is 0 Å². The summed E-state index contributed by atoms with van der Waals surface area (Å²) in [5, 5.41) is 5.66. The van der Waals surface area contributed by atoms with E-state index in [9.17, 15) is 4.79 Å². The van der Waals surface area contributed by atoms with E-state index in [4.69, 9.17) is 0 Å². The topological polar surface area (TPSA) is 69.8 Å². The van der Waals surface area contributed by atoms with Crippen molar-refractivity contribution >= 4 is 6.03 Å². The maximum absolute atomic E-state index is 11.3. The average molecular weight is 194 g/mol. The fourth-order valence-corrected chi connectivity index (χ4v) is 1.35. The average Bonchev–Trinajstić information content (AvgIpc) is 2.60. The normalized spacial score (nSPS) is 16.0. The summed E-state index contributed by atoms with van der Waals surface area (Å²) in [6.45, 7) is 0.499. The third kappa shape index (κ3) is 2.25. The van der Waals surface area contributed by atoms with Crippen LogP contribution in [0.15, 0.2) is 12.5 Å². The first-order valence-electron chi connectivity index (χ1n) is 4.86. The molecule has 0 aliphatic heterocycles. The molecule has 0 atom stereocenters. The van der Waals surface area contributed by atoms with Crippen LogP contribution in [0.1, 0.15) is 25.0 Å². The second-order valence-corrected chi connectivity index (χ2v) is 3.53. The molecule has 2 rings (SSSR count). The molecular formula is C9H14N4O. The Labute approximate surface area is 82.3 Å². The first kappa shape index (κ1) is 9.05. The summed E-state index contributed by atoms with van der Waals surface area (Å²) in [4.78, 5) is 18.1. The largest absolute Gasteiger partial charge is 0.347 e. The Morgan fingerprint density at radius 2 is 2.50 bits per heavy atom. The van der Waals surface area contributed by atoms with Gasteiger partial charge in [0, 0.05) is 12.2 Å². The molecule has 5 nitrogen and oxygen atoms in total. The number of hydrogen-bond acceptors (Lipinski definition) is 2. The molecule has 0 unspecified atom stereocenters. The second-order valence-electron chi connectivity index (χ2n) is 3.53. The van der Waals surface area contributed by atoms with Gasteiger partial charge in [0.15, 0.2) is 0 Å². The van der Waals surface area contributed by atoms with Gasteiger partial charge in [-0.25, -0.2) is 9.78 Å². The van der Waals surface area contributed by atoms with Crippen LogP contribution >= 0.6 is 0 Å². The zero-order valence-electron chi connectivity index (χ0n) is 7.92. The number of urea groups is 1. The van der Waals surface area contributed by atoms with E-state index >= 15 is 0 Å². The molecule has 1 aliphatic rings. The number of carbonyl (C=O) groups is 1. The van der Waals surface area contributed by atoms with Crippen molar-refractivity contribution in [3.05, 3.63) is 18.2 Å². The van der Waals surface area contributed by atoms with Crippen LogP contribution < -0.4 is 10.6 Å². The van der Waals surface area contributed by atoms with E-state index in [0.717, 1.165) is 18.5 Å². The van der Waals surface area contributed by atoms with Gasteiger partial charge in [-0.1, -0.05) is 0 Å². The van der Waals surface area contributed by atoms with Gasteiger partial charge < -0.3 is 15.6 Å². The highest BCUT2D eigenvalue weighted by Crippen LogP contribution is 2.17. The number of nitrogens with zero attached hydrogens (tertiary/aromatic N) is 1. The van der Waals surface area contributed by atoms with Crippen molar-refractivity contribution in [1.29, 1.82) is 0 Å². The lowest BCUT2D eigenvalue weighted by Crippen LogP contribution is -2.44. The van der Waals surface area contributed by atoms with Gasteiger partial charge in [-0.2, -0.15) is 0 Å². The number of aromatic nitrogens is 2. The monoisotopic (exact) mass is 194 g/mol. The number of nitrogens with one attached hydrogen (secondary N) is 3. The zero-order chi connectivity index (χ0) is 9.80. The van der Waals surface area contributed by atoms with E-state index in [1.54, 1.807) is 12.5 Å². The van der Waals surface area contributed by atoms with Gasteiger partial charge >= 0.3 is 6.03 Å². The highest BCUT2D eigenvalue weighted by molar-refractivity contribution is 5.74. The van der Waals surface area contributed by atoms with Crippen LogP contribution in [-0.4, -0.2) is 22.0 Å². The van der Waals surface area contributed by atoms with Gasteiger partial charge in [-0.15, -0.1) is 0 Å². The minimum Gasteiger partial charge on any atom is -0.347 e. The van der Waals surface area contributed by atoms with Gasteiger partial charge in [-0.05, 0) is 19.3 Å². The summed E-state index contributed by atoms with van der Waals surface area (Å²) < 4.78 is 0. The molecule has 1 fully saturated rings. The maximum atomic E-state index is 11.3. The summed E-state index contributed by atoms with van der Waals surface area (Å²) in [6.07, 6.45) is 6.74. The Bertz CT molecular complexity index is 292. The fraction of sp³-hybridized carbons (Fsp3) is 0.556. The molecule has 0 radical (unpaired) electrons. The Balaban J connectivity index is 1.67. The van der Waals surface area contributed by atoms with Crippen LogP contribution in [0.25, 0.3) is 0 Å². The predicted octanol–water partition coefficient (Wildman–Crippen LogP) is 0.761. The van der Waals surface area contributed by atoms with Gasteiger partial charge in [-0.3, -0.25) is 0 Å². The minimum atomic E-state index is -0.0932. The third-order valence-electron chi connectivity index (χ3n) is 2.43. The molecule has 0 saturated heterocycles. The quantitative estimate of drug-likeness (QED) is 0.665. The van der Waals surface area contributed by atoms with Crippen LogP contribution in [0, 0.1) is 0 Å². The Kier molecular flexibility index (Phi) is 2.67. The smallest absolute Gasteiger partial charge is 0.315 e. The number of imidazole rings is 1. The molecule has 1 heterocycles. The number of H-pyrrole nitrogens is 1. The van der Waals surface area contributed by atoms with E-state index in [1.165, 1.54) is 6.42 Å². The highest BCUT2D eigenvalue weighted by atomic mass is 16.2. The van der Waals surface area contributed by atoms with Crippen molar-refractivity contribution in [2.24, 2.45) is 0 Å². The van der Waals surface area contributed by atoms with Gasteiger partial charge in [0.2, 0.25) is 0 Å². The van der Waals surface area contributed by atoms with E-state index in [2.05, 4.69) is 20.6 Å². The van der Waals surface area contributed by atoms with E-state index in [0.29, 0.717) is 12.6 Å². The van der Waals surface area contributed by atoms with Crippen LogP contribution in [0.3, 0.4) is 0 Å². The summed E-state index contributed by atoms with van der Waals surface area (Å²) in [7, 11) is 0. The lowest BCUT2D eigenvalue weighted by Gasteiger charge is -2.26. The number of amides is 2. The molecule has 0 aromatic carbocycles. The number of hydrogen-bond donors (Lipinski definition) is 3. The van der Waals surface area contributed by atoms with Gasteiger partial charge in [0.25, 0.3) is 0 Å². The van der Waals surface area contributed by atoms with Crippen LogP contribution in [-0.2, 0) is 6.54 Å². The molecule has 1 aliphatic carbocycles. The first-order valence-corrected chi connectivity index (χ1v) is 4.86. The summed E-state index contributed by atoms with van der Waals surface area (Å²) in [6, 6.07) is 0.293. The van der Waals surface area contributed by atoms with Crippen molar-refractivity contribution in [2.75, 3.05) is 0 Å². The summed E-state index contributed by atoms with van der Waals surface area (Å²) in [5.74, 6) is 0. The second kappa shape index (κ2) is 4.13. The van der Waals surface area contributed by atoms with Crippen molar-refractivity contribution in [3.8, 4) is 0 Å². The third-order valence-corrected chi connectivity index (χ3v) is 2.43. The molecule has 0 bridgehead atoms. The highest BCUT2D eigenvalue weighted by Gasteiger charge is 2.18. The molecule has 2 amide bonds. The van der Waals surface area contributed by atoms with E-state index in [-0.39, 0.29) is 6.03 Å². The zero-order valence-corrected chi connectivity index (χ0v) is 7.92. The SMILES string of the molecule is O=C(NCc1cnc[nH]1)NC1CCC1. The molecule has 3 N–H and O–H groups in total. The molecular weight excluding hydrogens is 180 g/mol. The number of carbonyl (C=O) groups excluding carboxylic acids is 1. The molecule has 0 spiro atoms. The van der Waals surface area contributed by atoms with Crippen molar-refractivity contribution < 1.29 is 4.79 Å². The van der Waals surface area contributed by atoms with Crippen LogP contribution in [0.4, 0.5) is 4.79 Å². The molecule has 1 aromatic rings. The van der Waals surface area contributed by atoms with Crippen molar-refractivity contribution in [1.82, 2.24) is 20.6 Å². The van der Waals surface area contributed by atoms with Gasteiger partial charge in [0.05, 0.1) is 18.6 Å². The van der Waals surface area contributed by atoms with Crippen molar-refractivity contribution in [2.45, 2.75) is 31.8 Å². The van der Waals surface area contributed by atoms with Crippen LogP contribution in [0.5, 0.6) is 0 Å². The summed E-state index contributed by atoms with van der Waals surface area (Å²) >= 11 is 0. The van der Waals surface area contributed by atoms with E-state index in [1.807, 2.05) is 0 Å². The molecule has 5 heteroatoms. The summed E-state index contributed by atoms with van der Waals surface area (Å²) in [5.41, 5.74) is 0.911. The van der Waals surface area contributed by atoms with Gasteiger partial charge in [0.1, 0.15) is 0 Å². The maximum Gasteiger partial charge on any atom is 0.315 e. The fourth-order valence-electron chi connectivity index (χ4n) is 1.35. The number of aromatic amines is 1. The molecule has 14 heavy (non-hydrogen) atoms. The van der Waals surface area contributed by atoms with Crippen LogP contribution in [0.2, 0.25) is 0 Å². The standard InChI is InChI=1S/C9H14N4O/c14-9(13-7-2-1-3-7)11-5-8-4-10-6-12-8/h4,6-7H,1-3,5H2,(H,10,12)(H2,11,13,14). The Morgan fingerprint density at radius 1 is 1.64 bits per heavy atom. The number of rotatable bonds is 3. The molecule has 76 valence electrons. The first-order chi connectivity index (χ1) is 6.84. The van der Waals surface area contributed by atoms with E-state index < -0.39 is 0 Å². The lowest BCUT2D eigenvalue weighted by molar-refractivity contribution is 0.228. The predicted molar refractivity (Wildman–Crippen MR) is 51.6 cm³/mol. The lowest BCUT2D eigenvalue weighted by atomic mass is 9.93. The molecule has 1 aromatic heterocycles.